The number of hydrogen-bond acceptors (Lipinski definition) is 3. The van der Waals surface area contributed by atoms with Gasteiger partial charge in [-0.3, -0.25) is 4.79 Å². The SMILES string of the molecule is O=C(O)C1CCCC(NCc2cc(Cl)cc3c2OCC3)C1. The van der Waals surface area contributed by atoms with Crippen LogP contribution in [0.3, 0.4) is 0 Å². The monoisotopic (exact) mass is 309 g/mol. The van der Waals surface area contributed by atoms with Gasteiger partial charge in [0.05, 0.1) is 12.5 Å². The lowest BCUT2D eigenvalue weighted by Crippen LogP contribution is -2.36. The molecule has 1 aliphatic carbocycles. The van der Waals surface area contributed by atoms with Gasteiger partial charge in [-0.05, 0) is 37.0 Å². The molecule has 114 valence electrons. The molecule has 2 N–H and O–H groups in total. The molecule has 0 saturated heterocycles. The molecule has 2 aliphatic rings. The predicted octanol–water partition coefficient (Wildman–Crippen LogP) is 3.01. The zero-order chi connectivity index (χ0) is 14.8. The van der Waals surface area contributed by atoms with Gasteiger partial charge in [-0.15, -0.1) is 0 Å². The lowest BCUT2D eigenvalue weighted by molar-refractivity contribution is -0.143. The zero-order valence-electron chi connectivity index (χ0n) is 11.9. The van der Waals surface area contributed by atoms with Crippen LogP contribution in [0.4, 0.5) is 0 Å². The third-order valence-corrected chi connectivity index (χ3v) is 4.65. The Morgan fingerprint density at radius 1 is 1.43 bits per heavy atom. The minimum Gasteiger partial charge on any atom is -0.493 e. The molecule has 1 fully saturated rings. The van der Waals surface area contributed by atoms with Crippen LogP contribution in [0.5, 0.6) is 5.75 Å². The molecule has 1 aromatic carbocycles. The molecule has 3 rings (SSSR count). The summed E-state index contributed by atoms with van der Waals surface area (Å²) in [5.74, 6) is 0.0727. The van der Waals surface area contributed by atoms with Crippen molar-refractivity contribution in [2.75, 3.05) is 6.61 Å². The van der Waals surface area contributed by atoms with E-state index in [1.165, 1.54) is 5.56 Å². The minimum atomic E-state index is -0.673. The van der Waals surface area contributed by atoms with Crippen LogP contribution >= 0.6 is 11.6 Å². The first-order valence-corrected chi connectivity index (χ1v) is 7.91. The summed E-state index contributed by atoms with van der Waals surface area (Å²) in [6.07, 6.45) is 4.42. The van der Waals surface area contributed by atoms with E-state index >= 15 is 0 Å². The first-order valence-electron chi connectivity index (χ1n) is 7.54. The van der Waals surface area contributed by atoms with Crippen molar-refractivity contribution in [3.63, 3.8) is 0 Å². The molecule has 21 heavy (non-hydrogen) atoms. The summed E-state index contributed by atoms with van der Waals surface area (Å²) in [6, 6.07) is 4.17. The van der Waals surface area contributed by atoms with Crippen molar-refractivity contribution in [2.24, 2.45) is 5.92 Å². The highest BCUT2D eigenvalue weighted by Crippen LogP contribution is 2.33. The van der Waals surface area contributed by atoms with Crippen LogP contribution in [0.1, 0.15) is 36.8 Å². The Morgan fingerprint density at radius 3 is 3.10 bits per heavy atom. The number of aliphatic carboxylic acids is 1. The van der Waals surface area contributed by atoms with Crippen LogP contribution in [-0.4, -0.2) is 23.7 Å². The number of hydrogen-bond donors (Lipinski definition) is 2. The predicted molar refractivity (Wildman–Crippen MR) is 80.9 cm³/mol. The Hall–Kier alpha value is -1.26. The Balaban J connectivity index is 1.64. The van der Waals surface area contributed by atoms with Crippen molar-refractivity contribution < 1.29 is 14.6 Å². The molecule has 4 nitrogen and oxygen atoms in total. The van der Waals surface area contributed by atoms with Gasteiger partial charge in [0.25, 0.3) is 0 Å². The van der Waals surface area contributed by atoms with E-state index in [2.05, 4.69) is 5.32 Å². The van der Waals surface area contributed by atoms with Gasteiger partial charge in [0.15, 0.2) is 0 Å². The number of rotatable bonds is 4. The van der Waals surface area contributed by atoms with Crippen molar-refractivity contribution >= 4 is 17.6 Å². The second-order valence-electron chi connectivity index (χ2n) is 5.93. The first kappa shape index (κ1) is 14.7. The van der Waals surface area contributed by atoms with Crippen LogP contribution in [0.25, 0.3) is 0 Å². The van der Waals surface area contributed by atoms with E-state index in [0.717, 1.165) is 42.0 Å². The number of benzene rings is 1. The fraction of sp³-hybridized carbons (Fsp3) is 0.562. The third kappa shape index (κ3) is 3.33. The van der Waals surface area contributed by atoms with Gasteiger partial charge < -0.3 is 15.2 Å². The highest BCUT2D eigenvalue weighted by molar-refractivity contribution is 6.30. The van der Waals surface area contributed by atoms with E-state index in [1.54, 1.807) is 0 Å². The van der Waals surface area contributed by atoms with Crippen LogP contribution in [-0.2, 0) is 17.8 Å². The lowest BCUT2D eigenvalue weighted by Gasteiger charge is -2.27. The number of carbonyl (C=O) groups is 1. The van der Waals surface area contributed by atoms with Gasteiger partial charge in [0, 0.05) is 29.6 Å². The molecule has 0 amide bonds. The summed E-state index contributed by atoms with van der Waals surface area (Å²) < 4.78 is 5.69. The number of carboxylic acid groups (broad SMARTS) is 1. The van der Waals surface area contributed by atoms with E-state index in [9.17, 15) is 4.79 Å². The minimum absolute atomic E-state index is 0.211. The van der Waals surface area contributed by atoms with Crippen LogP contribution in [0.2, 0.25) is 5.02 Å². The summed E-state index contributed by atoms with van der Waals surface area (Å²) in [7, 11) is 0. The topological polar surface area (TPSA) is 58.6 Å². The van der Waals surface area contributed by atoms with Crippen LogP contribution < -0.4 is 10.1 Å². The lowest BCUT2D eigenvalue weighted by atomic mass is 9.85. The molecule has 5 heteroatoms. The summed E-state index contributed by atoms with van der Waals surface area (Å²) in [4.78, 5) is 11.1. The highest BCUT2D eigenvalue weighted by Gasteiger charge is 2.27. The summed E-state index contributed by atoms with van der Waals surface area (Å²) in [6.45, 7) is 1.40. The van der Waals surface area contributed by atoms with Crippen molar-refractivity contribution in [3.8, 4) is 5.75 Å². The second-order valence-corrected chi connectivity index (χ2v) is 6.37. The molecule has 0 aromatic heterocycles. The fourth-order valence-electron chi connectivity index (χ4n) is 3.33. The molecule has 1 aliphatic heterocycles. The van der Waals surface area contributed by atoms with Gasteiger partial charge in [-0.1, -0.05) is 18.0 Å². The maximum atomic E-state index is 11.1. The van der Waals surface area contributed by atoms with Gasteiger partial charge in [0.1, 0.15) is 5.75 Å². The Bertz CT molecular complexity index is 547. The molecule has 1 aromatic rings. The molecule has 0 spiro atoms. The molecule has 0 bridgehead atoms. The quantitative estimate of drug-likeness (QED) is 0.897. The fourth-order valence-corrected chi connectivity index (χ4v) is 3.59. The number of fused-ring (bicyclic) bond motifs is 1. The van der Waals surface area contributed by atoms with Crippen molar-refractivity contribution in [3.05, 3.63) is 28.3 Å². The number of halogens is 1. The maximum Gasteiger partial charge on any atom is 0.306 e. The van der Waals surface area contributed by atoms with E-state index < -0.39 is 5.97 Å². The Morgan fingerprint density at radius 2 is 2.29 bits per heavy atom. The van der Waals surface area contributed by atoms with Crippen LogP contribution in [0, 0.1) is 5.92 Å². The molecule has 1 heterocycles. The zero-order valence-corrected chi connectivity index (χ0v) is 12.7. The number of carboxylic acids is 1. The van der Waals surface area contributed by atoms with E-state index in [-0.39, 0.29) is 12.0 Å². The van der Waals surface area contributed by atoms with Crippen molar-refractivity contribution in [2.45, 2.75) is 44.7 Å². The van der Waals surface area contributed by atoms with Gasteiger partial charge in [-0.2, -0.15) is 0 Å². The van der Waals surface area contributed by atoms with E-state index in [1.807, 2.05) is 12.1 Å². The highest BCUT2D eigenvalue weighted by atomic mass is 35.5. The average molecular weight is 310 g/mol. The number of nitrogens with one attached hydrogen (secondary N) is 1. The first-order chi connectivity index (χ1) is 10.1. The van der Waals surface area contributed by atoms with Gasteiger partial charge in [0.2, 0.25) is 0 Å². The second kappa shape index (κ2) is 6.24. The molecule has 2 unspecified atom stereocenters. The smallest absolute Gasteiger partial charge is 0.306 e. The molecule has 2 atom stereocenters. The normalized spacial score (nSPS) is 24.4. The standard InChI is InChI=1S/C16H20ClNO3/c17-13-6-10-4-5-21-15(10)12(7-13)9-18-14-3-1-2-11(8-14)16(19)20/h6-7,11,14,18H,1-5,8-9H2,(H,19,20). The van der Waals surface area contributed by atoms with E-state index in [4.69, 9.17) is 21.4 Å². The van der Waals surface area contributed by atoms with Gasteiger partial charge >= 0.3 is 5.97 Å². The van der Waals surface area contributed by atoms with Crippen molar-refractivity contribution in [1.82, 2.24) is 5.32 Å². The van der Waals surface area contributed by atoms with Gasteiger partial charge in [-0.25, -0.2) is 0 Å². The summed E-state index contributed by atoms with van der Waals surface area (Å²) in [5, 5.41) is 13.4. The maximum absolute atomic E-state index is 11.1. The molecular formula is C16H20ClNO3. The third-order valence-electron chi connectivity index (χ3n) is 4.43. The van der Waals surface area contributed by atoms with Crippen molar-refractivity contribution in [1.29, 1.82) is 0 Å². The van der Waals surface area contributed by atoms with Crippen LogP contribution in [0.15, 0.2) is 12.1 Å². The molecule has 0 radical (unpaired) electrons. The Kier molecular flexibility index (Phi) is 4.36. The van der Waals surface area contributed by atoms with E-state index in [0.29, 0.717) is 19.6 Å². The average Bonchev–Trinajstić information content (AvgIpc) is 2.93. The summed E-state index contributed by atoms with van der Waals surface area (Å²) >= 11 is 6.15. The largest absolute Gasteiger partial charge is 0.493 e. The summed E-state index contributed by atoms with van der Waals surface area (Å²) in [5.41, 5.74) is 2.25. The molecule has 1 saturated carbocycles. The molecular weight excluding hydrogens is 290 g/mol. The number of ether oxygens (including phenoxy) is 1. The Labute approximate surface area is 129 Å².